The molecule has 0 spiro atoms. The largest absolute Gasteiger partial charge is 0.490 e. The summed E-state index contributed by atoms with van der Waals surface area (Å²) < 4.78 is 13.0. The Labute approximate surface area is 132 Å². The number of ether oxygens (including phenoxy) is 2. The lowest BCUT2D eigenvalue weighted by molar-refractivity contribution is 0.111. The van der Waals surface area contributed by atoms with Crippen LogP contribution in [0.25, 0.3) is 16.2 Å². The van der Waals surface area contributed by atoms with E-state index in [4.69, 9.17) is 9.47 Å². The summed E-state index contributed by atoms with van der Waals surface area (Å²) in [5.74, 6) is 1.36. The summed E-state index contributed by atoms with van der Waals surface area (Å²) in [4.78, 5) is 16.8. The van der Waals surface area contributed by atoms with Crippen LogP contribution in [0.2, 0.25) is 0 Å². The van der Waals surface area contributed by atoms with Crippen molar-refractivity contribution in [3.8, 4) is 22.8 Å². The Kier molecular flexibility index (Phi) is 4.11. The van der Waals surface area contributed by atoms with Crippen LogP contribution in [0.4, 0.5) is 0 Å². The molecular formula is C16H16N2O3S. The summed E-state index contributed by atoms with van der Waals surface area (Å²) in [5, 5.41) is 1.91. The highest BCUT2D eigenvalue weighted by Crippen LogP contribution is 2.34. The van der Waals surface area contributed by atoms with Gasteiger partial charge in [0.15, 0.2) is 22.7 Å². The third-order valence-corrected chi connectivity index (χ3v) is 3.98. The van der Waals surface area contributed by atoms with Crippen molar-refractivity contribution in [3.63, 3.8) is 0 Å². The molecule has 0 aliphatic carbocycles. The van der Waals surface area contributed by atoms with Gasteiger partial charge in [-0.25, -0.2) is 4.98 Å². The Hall–Kier alpha value is -2.34. The number of carbonyl (C=O) groups excluding carboxylic acids is 1. The van der Waals surface area contributed by atoms with Gasteiger partial charge in [-0.15, -0.1) is 11.3 Å². The molecule has 0 aliphatic rings. The summed E-state index contributed by atoms with van der Waals surface area (Å²) in [6.45, 7) is 4.96. The van der Waals surface area contributed by atoms with Gasteiger partial charge in [0.1, 0.15) is 11.4 Å². The maximum atomic E-state index is 11.4. The van der Waals surface area contributed by atoms with Gasteiger partial charge in [-0.1, -0.05) is 0 Å². The highest BCUT2D eigenvalue weighted by Gasteiger charge is 2.16. The van der Waals surface area contributed by atoms with Gasteiger partial charge in [-0.3, -0.25) is 9.20 Å². The van der Waals surface area contributed by atoms with Crippen molar-refractivity contribution in [3.05, 3.63) is 35.5 Å². The number of benzene rings is 1. The number of rotatable bonds is 6. The van der Waals surface area contributed by atoms with Gasteiger partial charge in [0.25, 0.3) is 0 Å². The van der Waals surface area contributed by atoms with E-state index in [1.165, 1.54) is 11.3 Å². The first-order valence-electron chi connectivity index (χ1n) is 7.09. The van der Waals surface area contributed by atoms with Crippen molar-refractivity contribution in [2.24, 2.45) is 0 Å². The normalized spacial score (nSPS) is 10.8. The smallest absolute Gasteiger partial charge is 0.194 e. The van der Waals surface area contributed by atoms with Gasteiger partial charge in [0.05, 0.1) is 13.2 Å². The van der Waals surface area contributed by atoms with E-state index in [0.29, 0.717) is 36.1 Å². The molecule has 6 heteroatoms. The molecule has 3 aromatic rings. The first kappa shape index (κ1) is 14.6. The van der Waals surface area contributed by atoms with Crippen molar-refractivity contribution in [1.82, 2.24) is 9.38 Å². The maximum absolute atomic E-state index is 11.4. The molecule has 0 N–H and O–H groups in total. The molecular weight excluding hydrogens is 300 g/mol. The van der Waals surface area contributed by atoms with Crippen LogP contribution in [-0.4, -0.2) is 28.9 Å². The number of imidazole rings is 1. The summed E-state index contributed by atoms with van der Waals surface area (Å²) >= 11 is 1.50. The summed E-state index contributed by atoms with van der Waals surface area (Å²) in [5.41, 5.74) is 2.04. The molecule has 0 fully saturated rings. The number of aldehydes is 1. The third-order valence-electron chi connectivity index (χ3n) is 3.23. The molecule has 5 nitrogen and oxygen atoms in total. The zero-order chi connectivity index (χ0) is 15.5. The summed E-state index contributed by atoms with van der Waals surface area (Å²) in [6.07, 6.45) is 2.68. The van der Waals surface area contributed by atoms with Crippen LogP contribution >= 0.6 is 11.3 Å². The fourth-order valence-electron chi connectivity index (χ4n) is 2.33. The first-order chi connectivity index (χ1) is 10.8. The Morgan fingerprint density at radius 3 is 2.73 bits per heavy atom. The fraction of sp³-hybridized carbons (Fsp3) is 0.250. The van der Waals surface area contributed by atoms with Crippen LogP contribution in [0.3, 0.4) is 0 Å². The molecule has 2 heterocycles. The van der Waals surface area contributed by atoms with Crippen molar-refractivity contribution in [2.45, 2.75) is 13.8 Å². The lowest BCUT2D eigenvalue weighted by Crippen LogP contribution is -1.99. The molecule has 22 heavy (non-hydrogen) atoms. The summed E-state index contributed by atoms with van der Waals surface area (Å²) in [6, 6.07) is 5.62. The van der Waals surface area contributed by atoms with Gasteiger partial charge < -0.3 is 9.47 Å². The Bertz CT molecular complexity index is 807. The number of hydrogen-bond donors (Lipinski definition) is 0. The Morgan fingerprint density at radius 1 is 1.23 bits per heavy atom. The van der Waals surface area contributed by atoms with Crippen LogP contribution in [0.1, 0.15) is 24.3 Å². The SMILES string of the molecule is CCOc1ccc(-c2nc3sccn3c2C=O)cc1OCC. The van der Waals surface area contributed by atoms with Crippen molar-refractivity contribution in [1.29, 1.82) is 0 Å². The average molecular weight is 316 g/mol. The standard InChI is InChI=1S/C16H16N2O3S/c1-3-20-13-6-5-11(9-14(13)21-4-2)15-12(10-19)18-7-8-22-16(18)17-15/h5-10H,3-4H2,1-2H3. The monoisotopic (exact) mass is 316 g/mol. The molecule has 0 bridgehead atoms. The quantitative estimate of drug-likeness (QED) is 0.651. The van der Waals surface area contributed by atoms with Gasteiger partial charge >= 0.3 is 0 Å². The van der Waals surface area contributed by atoms with Crippen molar-refractivity contribution < 1.29 is 14.3 Å². The predicted octanol–water partition coefficient (Wildman–Crippen LogP) is 3.67. The molecule has 0 amide bonds. The zero-order valence-corrected chi connectivity index (χ0v) is 13.2. The van der Waals surface area contributed by atoms with E-state index in [9.17, 15) is 4.79 Å². The second-order valence-corrected chi connectivity index (χ2v) is 5.42. The highest BCUT2D eigenvalue weighted by atomic mass is 32.1. The minimum atomic E-state index is 0.544. The van der Waals surface area contributed by atoms with E-state index in [0.717, 1.165) is 16.8 Å². The fourth-order valence-corrected chi connectivity index (χ4v) is 3.05. The molecule has 3 rings (SSSR count). The number of hydrogen-bond acceptors (Lipinski definition) is 5. The van der Waals surface area contributed by atoms with E-state index < -0.39 is 0 Å². The molecule has 0 unspecified atom stereocenters. The summed E-state index contributed by atoms with van der Waals surface area (Å²) in [7, 11) is 0. The van der Waals surface area contributed by atoms with E-state index in [1.54, 1.807) is 4.40 Å². The second-order valence-electron chi connectivity index (χ2n) is 4.55. The molecule has 0 radical (unpaired) electrons. The topological polar surface area (TPSA) is 52.8 Å². The van der Waals surface area contributed by atoms with Crippen LogP contribution in [0.5, 0.6) is 11.5 Å². The maximum Gasteiger partial charge on any atom is 0.194 e. The Morgan fingerprint density at radius 2 is 2.00 bits per heavy atom. The van der Waals surface area contributed by atoms with Gasteiger partial charge in [0, 0.05) is 17.1 Å². The van der Waals surface area contributed by atoms with E-state index in [1.807, 2.05) is 43.6 Å². The molecule has 1 aromatic carbocycles. The van der Waals surface area contributed by atoms with Crippen LogP contribution < -0.4 is 9.47 Å². The third kappa shape index (κ3) is 2.46. The van der Waals surface area contributed by atoms with Crippen molar-refractivity contribution >= 4 is 22.6 Å². The van der Waals surface area contributed by atoms with Gasteiger partial charge in [-0.2, -0.15) is 0 Å². The predicted molar refractivity (Wildman–Crippen MR) is 86.2 cm³/mol. The van der Waals surface area contributed by atoms with E-state index >= 15 is 0 Å². The van der Waals surface area contributed by atoms with E-state index in [2.05, 4.69) is 4.98 Å². The van der Waals surface area contributed by atoms with Crippen molar-refractivity contribution in [2.75, 3.05) is 13.2 Å². The number of carbonyl (C=O) groups is 1. The number of fused-ring (bicyclic) bond motifs is 1. The minimum absolute atomic E-state index is 0.544. The molecule has 114 valence electrons. The molecule has 0 atom stereocenters. The Balaban J connectivity index is 2.11. The van der Waals surface area contributed by atoms with Crippen LogP contribution in [0, 0.1) is 0 Å². The van der Waals surface area contributed by atoms with Gasteiger partial charge in [0.2, 0.25) is 0 Å². The van der Waals surface area contributed by atoms with Gasteiger partial charge in [-0.05, 0) is 32.0 Å². The van der Waals surface area contributed by atoms with Crippen LogP contribution in [0.15, 0.2) is 29.8 Å². The van der Waals surface area contributed by atoms with Crippen LogP contribution in [-0.2, 0) is 0 Å². The molecule has 0 saturated carbocycles. The number of nitrogens with zero attached hydrogens (tertiary/aromatic N) is 2. The second kappa shape index (κ2) is 6.19. The van der Waals surface area contributed by atoms with E-state index in [-0.39, 0.29) is 0 Å². The average Bonchev–Trinajstić information content (AvgIpc) is 3.09. The highest BCUT2D eigenvalue weighted by molar-refractivity contribution is 7.15. The lowest BCUT2D eigenvalue weighted by Gasteiger charge is -2.12. The number of thiazole rings is 1. The number of aromatic nitrogens is 2. The molecule has 0 aliphatic heterocycles. The molecule has 2 aromatic heterocycles. The first-order valence-corrected chi connectivity index (χ1v) is 7.97. The minimum Gasteiger partial charge on any atom is -0.490 e. The zero-order valence-electron chi connectivity index (χ0n) is 12.4. The lowest BCUT2D eigenvalue weighted by atomic mass is 10.1. The molecule has 0 saturated heterocycles.